The molecule has 178 valence electrons. The second-order valence-electron chi connectivity index (χ2n) is 8.79. The van der Waals surface area contributed by atoms with Gasteiger partial charge >= 0.3 is 0 Å². The van der Waals surface area contributed by atoms with Crippen LogP contribution in [0, 0.1) is 12.7 Å². The van der Waals surface area contributed by atoms with E-state index in [0.29, 0.717) is 42.7 Å². The molecule has 0 aliphatic carbocycles. The van der Waals surface area contributed by atoms with Crippen molar-refractivity contribution in [1.82, 2.24) is 24.4 Å². The van der Waals surface area contributed by atoms with Gasteiger partial charge < -0.3 is 14.2 Å². The summed E-state index contributed by atoms with van der Waals surface area (Å²) in [6.45, 7) is 3.80. The predicted molar refractivity (Wildman–Crippen MR) is 129 cm³/mol. The van der Waals surface area contributed by atoms with Gasteiger partial charge in [0.25, 0.3) is 5.91 Å². The maximum atomic E-state index is 13.3. The largest absolute Gasteiger partial charge is 0.439 e. The number of imidazole rings is 1. The summed E-state index contributed by atoms with van der Waals surface area (Å²) in [4.78, 5) is 28.6. The van der Waals surface area contributed by atoms with E-state index in [1.54, 1.807) is 30.7 Å². The fourth-order valence-electron chi connectivity index (χ4n) is 4.37. The van der Waals surface area contributed by atoms with Gasteiger partial charge in [-0.2, -0.15) is 4.98 Å². The van der Waals surface area contributed by atoms with Gasteiger partial charge in [0.15, 0.2) is 0 Å². The Balaban J connectivity index is 1.30. The van der Waals surface area contributed by atoms with Crippen LogP contribution >= 0.6 is 0 Å². The van der Waals surface area contributed by atoms with Crippen molar-refractivity contribution in [3.63, 3.8) is 0 Å². The Morgan fingerprint density at radius 3 is 2.80 bits per heavy atom. The lowest BCUT2D eigenvalue weighted by atomic mass is 9.96. The van der Waals surface area contributed by atoms with Crippen molar-refractivity contribution in [1.29, 1.82) is 0 Å². The zero-order valence-corrected chi connectivity index (χ0v) is 19.5. The van der Waals surface area contributed by atoms with E-state index in [1.807, 2.05) is 46.9 Å². The number of ether oxygens (including phenoxy) is 1. The molecule has 8 heteroatoms. The molecule has 7 nitrogen and oxygen atoms in total. The summed E-state index contributed by atoms with van der Waals surface area (Å²) in [6.07, 6.45) is 7.17. The highest BCUT2D eigenvalue weighted by molar-refractivity contribution is 5.94. The number of likely N-dealkylation sites (tertiary alicyclic amines) is 1. The van der Waals surface area contributed by atoms with Crippen LogP contribution in [0.2, 0.25) is 0 Å². The van der Waals surface area contributed by atoms with Gasteiger partial charge in [0.05, 0.1) is 6.33 Å². The molecule has 0 N–H and O–H groups in total. The molecule has 0 spiro atoms. The zero-order valence-electron chi connectivity index (χ0n) is 19.5. The van der Waals surface area contributed by atoms with Crippen LogP contribution in [0.3, 0.4) is 0 Å². The highest BCUT2D eigenvalue weighted by atomic mass is 19.1. The van der Waals surface area contributed by atoms with E-state index in [1.165, 1.54) is 12.1 Å². The van der Waals surface area contributed by atoms with Gasteiger partial charge in [-0.15, -0.1) is 0 Å². The Morgan fingerprint density at radius 1 is 1.14 bits per heavy atom. The van der Waals surface area contributed by atoms with E-state index in [2.05, 4.69) is 15.0 Å². The van der Waals surface area contributed by atoms with Crippen LogP contribution < -0.4 is 4.74 Å². The minimum Gasteiger partial charge on any atom is -0.439 e. The molecule has 0 bridgehead atoms. The third-order valence-electron chi connectivity index (χ3n) is 6.06. The molecule has 1 aliphatic rings. The van der Waals surface area contributed by atoms with Crippen molar-refractivity contribution in [2.24, 2.45) is 0 Å². The smallest absolute Gasteiger partial charge is 0.253 e. The molecule has 1 atom stereocenters. The fraction of sp³-hybridized carbons (Fsp3) is 0.259. The first-order valence-corrected chi connectivity index (χ1v) is 11.7. The number of rotatable bonds is 6. The lowest BCUT2D eigenvalue weighted by molar-refractivity contribution is 0.0704. The van der Waals surface area contributed by atoms with E-state index in [9.17, 15) is 9.18 Å². The first-order valence-electron chi connectivity index (χ1n) is 11.7. The summed E-state index contributed by atoms with van der Waals surface area (Å²) in [6, 6.07) is 15.3. The molecule has 1 fully saturated rings. The Morgan fingerprint density at radius 2 is 2.00 bits per heavy atom. The summed E-state index contributed by atoms with van der Waals surface area (Å²) in [7, 11) is 0. The maximum absolute atomic E-state index is 13.3. The molecule has 0 radical (unpaired) electrons. The summed E-state index contributed by atoms with van der Waals surface area (Å²) in [5.41, 5.74) is 2.50. The topological polar surface area (TPSA) is 73.1 Å². The van der Waals surface area contributed by atoms with E-state index >= 15 is 0 Å². The van der Waals surface area contributed by atoms with Crippen molar-refractivity contribution < 1.29 is 13.9 Å². The Hall–Kier alpha value is -4.07. The zero-order chi connectivity index (χ0) is 24.2. The number of amides is 1. The van der Waals surface area contributed by atoms with Crippen LogP contribution in [0.15, 0.2) is 73.3 Å². The lowest BCUT2D eigenvalue weighted by Crippen LogP contribution is -2.39. The number of carbonyl (C=O) groups is 1. The number of piperidine rings is 1. The predicted octanol–water partition coefficient (Wildman–Crippen LogP) is 4.98. The quantitative estimate of drug-likeness (QED) is 0.397. The van der Waals surface area contributed by atoms with Gasteiger partial charge in [0.2, 0.25) is 5.88 Å². The number of aryl methyl sites for hydroxylation is 1. The number of hydrogen-bond acceptors (Lipinski definition) is 5. The Kier molecular flexibility index (Phi) is 6.52. The molecular weight excluding hydrogens is 445 g/mol. The van der Waals surface area contributed by atoms with E-state index in [0.717, 1.165) is 24.1 Å². The number of hydrogen-bond donors (Lipinski definition) is 0. The van der Waals surface area contributed by atoms with Gasteiger partial charge in [0.1, 0.15) is 17.4 Å². The van der Waals surface area contributed by atoms with E-state index in [4.69, 9.17) is 4.74 Å². The molecule has 35 heavy (non-hydrogen) atoms. The summed E-state index contributed by atoms with van der Waals surface area (Å²) < 4.78 is 21.0. The number of nitrogens with zero attached hydrogens (tertiary/aromatic N) is 5. The van der Waals surface area contributed by atoms with Gasteiger partial charge in [-0.05, 0) is 61.7 Å². The van der Waals surface area contributed by atoms with Crippen LogP contribution in [0.5, 0.6) is 11.6 Å². The van der Waals surface area contributed by atoms with Crippen molar-refractivity contribution >= 4 is 5.91 Å². The first-order chi connectivity index (χ1) is 17.0. The van der Waals surface area contributed by atoms with Crippen LogP contribution in [0.4, 0.5) is 4.39 Å². The first kappa shape index (κ1) is 22.7. The van der Waals surface area contributed by atoms with Crippen LogP contribution in [0.25, 0.3) is 0 Å². The molecule has 2 aromatic carbocycles. The molecule has 4 aromatic rings. The normalized spacial score (nSPS) is 15.7. The molecule has 0 saturated carbocycles. The minimum absolute atomic E-state index is 0.0114. The van der Waals surface area contributed by atoms with Crippen molar-refractivity contribution in [3.05, 3.63) is 102 Å². The van der Waals surface area contributed by atoms with E-state index in [-0.39, 0.29) is 17.6 Å². The average molecular weight is 472 g/mol. The third-order valence-corrected chi connectivity index (χ3v) is 6.06. The second kappa shape index (κ2) is 10.0. The molecule has 3 heterocycles. The third kappa shape index (κ3) is 5.54. The van der Waals surface area contributed by atoms with Gasteiger partial charge in [-0.25, -0.2) is 14.4 Å². The Bertz CT molecular complexity index is 1310. The number of aromatic nitrogens is 4. The number of benzene rings is 2. The van der Waals surface area contributed by atoms with Crippen LogP contribution in [0.1, 0.15) is 46.2 Å². The van der Waals surface area contributed by atoms with Crippen LogP contribution in [-0.2, 0) is 6.54 Å². The second-order valence-corrected chi connectivity index (χ2v) is 8.79. The maximum Gasteiger partial charge on any atom is 0.253 e. The number of carbonyl (C=O) groups excluding carboxylic acids is 1. The standard InChI is InChI=1S/C27H26FN5O2/c1-19-14-25(35-24-9-7-23(28)8-10-24)31-26(30-19)22-6-3-12-33(17-22)27(34)21-5-2-4-20(15-21)16-32-13-11-29-18-32/h2,4-5,7-11,13-15,18,22H,3,6,12,16-17H2,1H3/t22-/m0/s1. The van der Waals surface area contributed by atoms with E-state index < -0.39 is 0 Å². The molecule has 5 rings (SSSR count). The molecule has 1 saturated heterocycles. The highest BCUT2D eigenvalue weighted by Crippen LogP contribution is 2.28. The monoisotopic (exact) mass is 471 g/mol. The summed E-state index contributed by atoms with van der Waals surface area (Å²) in [5.74, 6) is 1.28. The lowest BCUT2D eigenvalue weighted by Gasteiger charge is -2.32. The summed E-state index contributed by atoms with van der Waals surface area (Å²) in [5, 5.41) is 0. The minimum atomic E-state index is -0.323. The van der Waals surface area contributed by atoms with Crippen LogP contribution in [-0.4, -0.2) is 43.4 Å². The fourth-order valence-corrected chi connectivity index (χ4v) is 4.37. The molecule has 1 aliphatic heterocycles. The van der Waals surface area contributed by atoms with Gasteiger partial charge in [0, 0.05) is 55.3 Å². The van der Waals surface area contributed by atoms with Gasteiger partial charge in [-0.1, -0.05) is 12.1 Å². The molecule has 1 amide bonds. The number of halogens is 1. The van der Waals surface area contributed by atoms with Crippen molar-refractivity contribution in [3.8, 4) is 11.6 Å². The SMILES string of the molecule is Cc1cc(Oc2ccc(F)cc2)nc([C@H]2CCCN(C(=O)c3cccc(Cn4ccnc4)c3)C2)n1. The Labute approximate surface area is 203 Å². The summed E-state index contributed by atoms with van der Waals surface area (Å²) >= 11 is 0. The van der Waals surface area contributed by atoms with Gasteiger partial charge in [-0.3, -0.25) is 4.79 Å². The molecule has 0 unspecified atom stereocenters. The van der Waals surface area contributed by atoms with Crippen molar-refractivity contribution in [2.45, 2.75) is 32.2 Å². The highest BCUT2D eigenvalue weighted by Gasteiger charge is 2.28. The molecule has 2 aromatic heterocycles. The average Bonchev–Trinajstić information content (AvgIpc) is 3.38. The molecular formula is C27H26FN5O2. The van der Waals surface area contributed by atoms with Crippen molar-refractivity contribution in [2.75, 3.05) is 13.1 Å².